The summed E-state index contributed by atoms with van der Waals surface area (Å²) in [6.45, 7) is 5.34. The third kappa shape index (κ3) is 6.63. The predicted octanol–water partition coefficient (Wildman–Crippen LogP) is 5.28. The van der Waals surface area contributed by atoms with Crippen LogP contribution in [0.25, 0.3) is 17.2 Å². The molecule has 1 aliphatic carbocycles. The summed E-state index contributed by atoms with van der Waals surface area (Å²) in [4.78, 5) is 60.3. The molecule has 1 atom stereocenters. The van der Waals surface area contributed by atoms with Crippen molar-refractivity contribution in [3.05, 3.63) is 91.5 Å². The fraction of sp³-hybridized carbons (Fsp3) is 0.425. The zero-order valence-electron chi connectivity index (χ0n) is 32.5. The molecule has 58 heavy (non-hydrogen) atoms. The van der Waals surface area contributed by atoms with E-state index in [2.05, 4.69) is 25.4 Å². The van der Waals surface area contributed by atoms with E-state index in [4.69, 9.17) is 11.6 Å². The summed E-state index contributed by atoms with van der Waals surface area (Å²) in [5, 5.41) is 18.2. The Labute approximate surface area is 336 Å². The lowest BCUT2D eigenvalue weighted by Gasteiger charge is -2.39. The minimum atomic E-state index is -1.18. The van der Waals surface area contributed by atoms with Crippen LogP contribution in [0.4, 0.5) is 24.7 Å². The molecule has 2 saturated heterocycles. The van der Waals surface area contributed by atoms with Crippen molar-refractivity contribution in [1.29, 1.82) is 0 Å². The van der Waals surface area contributed by atoms with Crippen molar-refractivity contribution in [3.63, 3.8) is 0 Å². The monoisotopic (exact) mass is 818 g/mol. The summed E-state index contributed by atoms with van der Waals surface area (Å²) in [7, 11) is 3.46. The largest absolute Gasteiger partial charge is 0.503 e. The highest BCUT2D eigenvalue weighted by Gasteiger charge is 2.49. The molecule has 5 aromatic rings. The number of rotatable bonds is 9. The van der Waals surface area contributed by atoms with E-state index in [9.17, 15) is 23.9 Å². The van der Waals surface area contributed by atoms with Gasteiger partial charge in [-0.25, -0.2) is 23.1 Å². The van der Waals surface area contributed by atoms with Crippen LogP contribution in [0.5, 0.6) is 5.75 Å². The average Bonchev–Trinajstić information content (AvgIpc) is 3.73. The van der Waals surface area contributed by atoms with Gasteiger partial charge in [-0.3, -0.25) is 14.4 Å². The molecule has 2 aromatic carbocycles. The molecule has 0 saturated carbocycles. The van der Waals surface area contributed by atoms with Crippen LogP contribution in [-0.2, 0) is 29.7 Å². The zero-order valence-corrected chi connectivity index (χ0v) is 33.2. The number of likely N-dealkylation sites (tertiary alicyclic amines) is 1. The fourth-order valence-electron chi connectivity index (χ4n) is 8.68. The summed E-state index contributed by atoms with van der Waals surface area (Å²) in [6.07, 6.45) is 3.84. The number of aromatic nitrogens is 6. The van der Waals surface area contributed by atoms with E-state index in [1.165, 1.54) is 24.5 Å². The zero-order chi connectivity index (χ0) is 41.2. The van der Waals surface area contributed by atoms with Gasteiger partial charge in [0.1, 0.15) is 18.7 Å². The number of fused-ring (bicyclic) bond motifs is 3. The highest BCUT2D eigenvalue weighted by atomic mass is 35.5. The van der Waals surface area contributed by atoms with E-state index >= 15 is 8.78 Å². The molecule has 3 aliphatic rings. The Balaban J connectivity index is 1.18. The topological polar surface area (TPSA) is 154 Å². The van der Waals surface area contributed by atoms with Crippen molar-refractivity contribution in [3.8, 4) is 17.1 Å². The Bertz CT molecular complexity index is 2550. The van der Waals surface area contributed by atoms with Crippen LogP contribution in [-0.4, -0.2) is 96.1 Å². The van der Waals surface area contributed by atoms with Gasteiger partial charge in [0, 0.05) is 55.0 Å². The van der Waals surface area contributed by atoms with Crippen LogP contribution >= 0.6 is 11.6 Å². The van der Waals surface area contributed by atoms with E-state index in [1.807, 2.05) is 11.8 Å². The summed E-state index contributed by atoms with van der Waals surface area (Å²) in [6, 6.07) is 5.39. The van der Waals surface area contributed by atoms with Crippen molar-refractivity contribution in [2.24, 2.45) is 0 Å². The SMILES string of the molecule is CCc1cc(Cl)c(NC(=O)Cn2c3c(c(=O)n4nc(-c5ccc(CN(C)C)c(F)c5F)nc24)C2(CCN(C(=O)c4ncnc(N5CCC5)c4O)CC2)CC3C)cc1F. The number of amides is 2. The van der Waals surface area contributed by atoms with Gasteiger partial charge >= 0.3 is 0 Å². The van der Waals surface area contributed by atoms with Crippen LogP contribution in [0.3, 0.4) is 0 Å². The number of hydrogen-bond acceptors (Lipinski definition) is 10. The molecule has 1 unspecified atom stereocenters. The van der Waals surface area contributed by atoms with Crippen molar-refractivity contribution in [2.45, 2.75) is 70.4 Å². The van der Waals surface area contributed by atoms with Crippen LogP contribution in [0.1, 0.15) is 78.3 Å². The molecule has 2 N–H and O–H groups in total. The molecule has 304 valence electrons. The number of aryl methyl sites for hydroxylation is 1. The van der Waals surface area contributed by atoms with E-state index in [-0.39, 0.29) is 70.4 Å². The van der Waals surface area contributed by atoms with Gasteiger partial charge in [-0.15, -0.1) is 5.10 Å². The summed E-state index contributed by atoms with van der Waals surface area (Å²) in [5.41, 5.74) is -0.176. The lowest BCUT2D eigenvalue weighted by Crippen LogP contribution is -2.47. The number of hydrogen-bond donors (Lipinski definition) is 2. The average molecular weight is 819 g/mol. The molecule has 5 heterocycles. The normalized spacial score (nSPS) is 17.3. The molecule has 2 aliphatic heterocycles. The first kappa shape index (κ1) is 39.3. The van der Waals surface area contributed by atoms with Crippen LogP contribution in [0.2, 0.25) is 5.02 Å². The number of halogens is 4. The van der Waals surface area contributed by atoms with Crippen LogP contribution in [0, 0.1) is 17.5 Å². The third-order valence-corrected chi connectivity index (χ3v) is 11.9. The van der Waals surface area contributed by atoms with Gasteiger partial charge in [0.05, 0.1) is 16.3 Å². The second-order valence-electron chi connectivity index (χ2n) is 15.7. The van der Waals surface area contributed by atoms with Crippen molar-refractivity contribution in [2.75, 3.05) is 50.5 Å². The Hall–Kier alpha value is -5.55. The molecule has 0 bridgehead atoms. The van der Waals surface area contributed by atoms with Crippen LogP contribution < -0.4 is 15.8 Å². The van der Waals surface area contributed by atoms with Gasteiger partial charge in [0.25, 0.3) is 11.5 Å². The van der Waals surface area contributed by atoms with Gasteiger partial charge in [-0.05, 0) is 75.9 Å². The van der Waals surface area contributed by atoms with Gasteiger partial charge in [0.2, 0.25) is 11.7 Å². The quantitative estimate of drug-likeness (QED) is 0.201. The predicted molar refractivity (Wildman–Crippen MR) is 210 cm³/mol. The molecular weight excluding hydrogens is 777 g/mol. The first-order valence-corrected chi connectivity index (χ1v) is 19.6. The number of nitrogens with one attached hydrogen (secondary N) is 1. The maximum absolute atomic E-state index is 15.7. The van der Waals surface area contributed by atoms with Crippen molar-refractivity contribution >= 4 is 40.7 Å². The number of piperidine rings is 1. The molecule has 3 aromatic heterocycles. The molecular formula is C40H42ClF3N10O4. The molecule has 2 fully saturated rings. The van der Waals surface area contributed by atoms with Crippen molar-refractivity contribution < 1.29 is 27.9 Å². The summed E-state index contributed by atoms with van der Waals surface area (Å²) < 4.78 is 48.4. The Kier molecular flexibility index (Phi) is 10.2. The molecule has 2 amide bonds. The van der Waals surface area contributed by atoms with Gasteiger partial charge in [-0.2, -0.15) is 9.50 Å². The molecule has 0 radical (unpaired) electrons. The highest BCUT2D eigenvalue weighted by molar-refractivity contribution is 6.33. The second kappa shape index (κ2) is 15.0. The van der Waals surface area contributed by atoms with Gasteiger partial charge < -0.3 is 29.7 Å². The van der Waals surface area contributed by atoms with E-state index in [1.54, 1.807) is 35.4 Å². The van der Waals surface area contributed by atoms with Crippen LogP contribution in [0.15, 0.2) is 35.4 Å². The molecule has 18 heteroatoms. The first-order valence-electron chi connectivity index (χ1n) is 19.2. The van der Waals surface area contributed by atoms with E-state index in [0.29, 0.717) is 48.3 Å². The van der Waals surface area contributed by atoms with Crippen molar-refractivity contribution in [1.82, 2.24) is 38.9 Å². The number of aromatic hydroxyl groups is 1. The lowest BCUT2D eigenvalue weighted by atomic mass is 9.73. The number of carbonyl (C=O) groups excluding carboxylic acids is 2. The lowest BCUT2D eigenvalue weighted by molar-refractivity contribution is -0.116. The number of carbonyl (C=O) groups is 2. The smallest absolute Gasteiger partial charge is 0.279 e. The number of anilines is 2. The van der Waals surface area contributed by atoms with E-state index < -0.39 is 46.8 Å². The summed E-state index contributed by atoms with van der Waals surface area (Å²) in [5.74, 6) is -4.43. The standard InChI is InChI=1S/C40H42ClF3N10O4/c1-5-22-15-25(41)27(16-26(22)42)47-28(55)19-53-33-21(2)17-40(9-13-52(14-10-40)38(58)32-34(56)36(46-20-45-32)51-11-6-12-51)29(33)37(57)54-39(53)48-35(49-54)24-8-7-23(18-50(3)4)30(43)31(24)44/h7-8,15-16,20-21,56H,5-6,9-14,17-19H2,1-4H3,(H,47,55). The Morgan fingerprint density at radius 1 is 1.05 bits per heavy atom. The maximum atomic E-state index is 15.7. The molecule has 14 nitrogen and oxygen atoms in total. The first-order chi connectivity index (χ1) is 27.7. The van der Waals surface area contributed by atoms with Gasteiger partial charge in [0.15, 0.2) is 34.7 Å². The molecule has 1 spiro atoms. The number of nitrogens with zero attached hydrogens (tertiary/aromatic N) is 9. The molecule has 8 rings (SSSR count). The Morgan fingerprint density at radius 2 is 1.79 bits per heavy atom. The van der Waals surface area contributed by atoms with E-state index in [0.717, 1.165) is 30.1 Å². The van der Waals surface area contributed by atoms with Gasteiger partial charge in [-0.1, -0.05) is 31.5 Å². The minimum absolute atomic E-state index is 0.0564. The number of benzene rings is 2. The summed E-state index contributed by atoms with van der Waals surface area (Å²) >= 11 is 6.43. The second-order valence-corrected chi connectivity index (χ2v) is 16.1. The Morgan fingerprint density at radius 3 is 2.47 bits per heavy atom. The highest BCUT2D eigenvalue weighted by Crippen LogP contribution is 2.50. The fourth-order valence-corrected chi connectivity index (χ4v) is 8.91. The maximum Gasteiger partial charge on any atom is 0.279 e. The third-order valence-electron chi connectivity index (χ3n) is 11.6. The minimum Gasteiger partial charge on any atom is -0.503 e.